The van der Waals surface area contributed by atoms with Crippen LogP contribution in [0.2, 0.25) is 0 Å². The van der Waals surface area contributed by atoms with E-state index in [-0.39, 0.29) is 25.4 Å². The van der Waals surface area contributed by atoms with E-state index in [2.05, 4.69) is 0 Å². The smallest absolute Gasteiger partial charge is 0.266 e. The van der Waals surface area contributed by atoms with Crippen molar-refractivity contribution in [1.29, 1.82) is 0 Å². The number of rotatable bonds is 2. The average Bonchev–Trinajstić information content (AvgIpc) is 1.61. The van der Waals surface area contributed by atoms with Gasteiger partial charge in [0.1, 0.15) is 0 Å². The summed E-state index contributed by atoms with van der Waals surface area (Å²) in [4.78, 5) is 0. The summed E-state index contributed by atoms with van der Waals surface area (Å²) in [5, 5.41) is 0. The van der Waals surface area contributed by atoms with Gasteiger partial charge in [-0.15, -0.1) is 12.4 Å². The zero-order valence-electron chi connectivity index (χ0n) is 4.23. The highest BCUT2D eigenvalue weighted by molar-refractivity contribution is 5.85. The van der Waals surface area contributed by atoms with E-state index in [0.717, 1.165) is 6.08 Å². The minimum atomic E-state index is -1.65. The van der Waals surface area contributed by atoms with E-state index >= 15 is 0 Å². The number of halogens is 3. The number of nitrogens with two attached hydrogens (primary N) is 1. The molecule has 50 valence electrons. The SMILES string of the molecule is Cl.NCCC=C(F)F. The molecular weight excluding hydrogens is 136 g/mol. The van der Waals surface area contributed by atoms with Gasteiger partial charge in [0.05, 0.1) is 0 Å². The van der Waals surface area contributed by atoms with Crippen LogP contribution in [0.4, 0.5) is 8.78 Å². The Morgan fingerprint density at radius 1 is 1.50 bits per heavy atom. The van der Waals surface area contributed by atoms with Crippen LogP contribution in [0, 0.1) is 0 Å². The van der Waals surface area contributed by atoms with Gasteiger partial charge in [0.25, 0.3) is 6.08 Å². The third kappa shape index (κ3) is 9.28. The van der Waals surface area contributed by atoms with Crippen molar-refractivity contribution in [3.8, 4) is 0 Å². The standard InChI is InChI=1S/C4H7F2N.ClH/c5-4(6)2-1-3-7;/h2H,1,3,7H2;1H. The molecule has 0 aliphatic rings. The molecule has 0 aliphatic heterocycles. The van der Waals surface area contributed by atoms with E-state index in [1.54, 1.807) is 0 Å². The molecule has 0 saturated heterocycles. The molecule has 0 unspecified atom stereocenters. The predicted octanol–water partition coefficient (Wildman–Crippen LogP) is 1.54. The Morgan fingerprint density at radius 2 is 2.00 bits per heavy atom. The Bertz CT molecular complexity index is 70.4. The van der Waals surface area contributed by atoms with E-state index in [9.17, 15) is 8.78 Å². The molecule has 0 amide bonds. The molecule has 1 nitrogen and oxygen atoms in total. The largest absolute Gasteiger partial charge is 0.330 e. The molecule has 4 heteroatoms. The first-order chi connectivity index (χ1) is 3.27. The highest BCUT2D eigenvalue weighted by Gasteiger charge is 1.82. The van der Waals surface area contributed by atoms with Gasteiger partial charge in [-0.3, -0.25) is 0 Å². The molecule has 0 aromatic heterocycles. The van der Waals surface area contributed by atoms with Crippen LogP contribution in [0.3, 0.4) is 0 Å². The lowest BCUT2D eigenvalue weighted by Crippen LogP contribution is -1.95. The van der Waals surface area contributed by atoms with Gasteiger partial charge < -0.3 is 5.73 Å². The van der Waals surface area contributed by atoms with E-state index < -0.39 is 6.08 Å². The third-order valence-corrected chi connectivity index (χ3v) is 0.465. The summed E-state index contributed by atoms with van der Waals surface area (Å²) < 4.78 is 22.1. The first-order valence-corrected chi connectivity index (χ1v) is 1.98. The Balaban J connectivity index is 0. The summed E-state index contributed by atoms with van der Waals surface area (Å²) in [7, 11) is 0. The van der Waals surface area contributed by atoms with Crippen LogP contribution in [0.1, 0.15) is 6.42 Å². The first kappa shape index (κ1) is 10.8. The lowest BCUT2D eigenvalue weighted by Gasteiger charge is -1.79. The summed E-state index contributed by atoms with van der Waals surface area (Å²) in [6.45, 7) is 0.289. The average molecular weight is 144 g/mol. The second kappa shape index (κ2) is 6.85. The lowest BCUT2D eigenvalue weighted by molar-refractivity contribution is 0.417. The van der Waals surface area contributed by atoms with Gasteiger partial charge in [-0.2, -0.15) is 8.78 Å². The van der Waals surface area contributed by atoms with Crippen LogP contribution in [0.15, 0.2) is 12.2 Å². The summed E-state index contributed by atoms with van der Waals surface area (Å²) in [6, 6.07) is 0. The molecule has 0 aliphatic carbocycles. The lowest BCUT2D eigenvalue weighted by atomic mass is 10.4. The maximum Gasteiger partial charge on any atom is 0.266 e. The van der Waals surface area contributed by atoms with Crippen molar-refractivity contribution < 1.29 is 8.78 Å². The van der Waals surface area contributed by atoms with Crippen LogP contribution in [-0.4, -0.2) is 6.54 Å². The van der Waals surface area contributed by atoms with Gasteiger partial charge in [0.2, 0.25) is 0 Å². The summed E-state index contributed by atoms with van der Waals surface area (Å²) in [5.74, 6) is 0. The summed E-state index contributed by atoms with van der Waals surface area (Å²) in [6.07, 6.45) is -0.576. The summed E-state index contributed by atoms with van der Waals surface area (Å²) >= 11 is 0. The fraction of sp³-hybridized carbons (Fsp3) is 0.500. The Kier molecular flexibility index (Phi) is 9.22. The second-order valence-corrected chi connectivity index (χ2v) is 1.07. The van der Waals surface area contributed by atoms with Crippen molar-refractivity contribution in [3.63, 3.8) is 0 Å². The van der Waals surface area contributed by atoms with Crippen molar-refractivity contribution in [2.75, 3.05) is 6.54 Å². The molecule has 0 aromatic carbocycles. The van der Waals surface area contributed by atoms with Gasteiger partial charge in [-0.1, -0.05) is 0 Å². The van der Waals surface area contributed by atoms with Crippen molar-refractivity contribution in [3.05, 3.63) is 12.2 Å². The van der Waals surface area contributed by atoms with Crippen LogP contribution in [-0.2, 0) is 0 Å². The van der Waals surface area contributed by atoms with Gasteiger partial charge in [0.15, 0.2) is 0 Å². The van der Waals surface area contributed by atoms with E-state index in [1.807, 2.05) is 0 Å². The molecule has 0 saturated carbocycles. The fourth-order valence-corrected chi connectivity index (χ4v) is 0.192. The molecule has 8 heavy (non-hydrogen) atoms. The van der Waals surface area contributed by atoms with E-state index in [4.69, 9.17) is 5.73 Å². The van der Waals surface area contributed by atoms with Crippen molar-refractivity contribution in [1.82, 2.24) is 0 Å². The van der Waals surface area contributed by atoms with Gasteiger partial charge in [-0.25, -0.2) is 0 Å². The zero-order valence-corrected chi connectivity index (χ0v) is 5.05. The Labute approximate surface area is 53.0 Å². The van der Waals surface area contributed by atoms with Crippen molar-refractivity contribution in [2.24, 2.45) is 5.73 Å². The van der Waals surface area contributed by atoms with Crippen LogP contribution in [0.25, 0.3) is 0 Å². The molecule has 0 heterocycles. The normalized spacial score (nSPS) is 7.38. The number of hydrogen-bond acceptors (Lipinski definition) is 1. The quantitative estimate of drug-likeness (QED) is 0.624. The molecule has 0 aromatic rings. The molecule has 0 radical (unpaired) electrons. The van der Waals surface area contributed by atoms with Gasteiger partial charge >= 0.3 is 0 Å². The number of hydrogen-bond donors (Lipinski definition) is 1. The van der Waals surface area contributed by atoms with Crippen LogP contribution < -0.4 is 5.73 Å². The minimum absolute atomic E-state index is 0. The van der Waals surface area contributed by atoms with Gasteiger partial charge in [-0.05, 0) is 19.0 Å². The van der Waals surface area contributed by atoms with E-state index in [1.165, 1.54) is 0 Å². The van der Waals surface area contributed by atoms with Crippen molar-refractivity contribution >= 4 is 12.4 Å². The highest BCUT2D eigenvalue weighted by Crippen LogP contribution is 1.96. The zero-order chi connectivity index (χ0) is 5.70. The maximum absolute atomic E-state index is 11.0. The molecule has 0 atom stereocenters. The van der Waals surface area contributed by atoms with Crippen molar-refractivity contribution in [2.45, 2.75) is 6.42 Å². The molecule has 2 N–H and O–H groups in total. The Hall–Kier alpha value is -0.150. The molecule has 0 fully saturated rings. The first-order valence-electron chi connectivity index (χ1n) is 1.98. The molecule has 0 bridgehead atoms. The molecular formula is C4H8ClF2N. The fourth-order valence-electron chi connectivity index (χ4n) is 0.192. The molecule has 0 spiro atoms. The summed E-state index contributed by atoms with van der Waals surface area (Å²) in [5.41, 5.74) is 4.90. The minimum Gasteiger partial charge on any atom is -0.330 e. The highest BCUT2D eigenvalue weighted by atomic mass is 35.5. The maximum atomic E-state index is 11.0. The predicted molar refractivity (Wildman–Crippen MR) is 31.2 cm³/mol. The van der Waals surface area contributed by atoms with Crippen LogP contribution in [0.5, 0.6) is 0 Å². The second-order valence-electron chi connectivity index (χ2n) is 1.07. The third-order valence-electron chi connectivity index (χ3n) is 0.465. The Morgan fingerprint density at radius 3 is 2.12 bits per heavy atom. The topological polar surface area (TPSA) is 26.0 Å². The molecule has 0 rings (SSSR count). The van der Waals surface area contributed by atoms with E-state index in [0.29, 0.717) is 0 Å². The van der Waals surface area contributed by atoms with Gasteiger partial charge in [0, 0.05) is 0 Å². The monoisotopic (exact) mass is 143 g/mol. The van der Waals surface area contributed by atoms with Crippen LogP contribution >= 0.6 is 12.4 Å².